The quantitative estimate of drug-likeness (QED) is 0.731. The largest absolute Gasteiger partial charge is 0.385 e. The highest BCUT2D eigenvalue weighted by Crippen LogP contribution is 2.24. The number of imidazole rings is 1. The molecule has 1 aliphatic rings. The Morgan fingerprint density at radius 2 is 1.96 bits per heavy atom. The van der Waals surface area contributed by atoms with Crippen molar-refractivity contribution in [3.63, 3.8) is 0 Å². The van der Waals surface area contributed by atoms with Gasteiger partial charge in [-0.05, 0) is 24.6 Å². The van der Waals surface area contributed by atoms with Crippen molar-refractivity contribution in [2.45, 2.75) is 32.5 Å². The third kappa shape index (κ3) is 2.49. The smallest absolute Gasteiger partial charge is 0.358 e. The van der Waals surface area contributed by atoms with Gasteiger partial charge in [0.05, 0.1) is 13.1 Å². The highest BCUT2D eigenvalue weighted by molar-refractivity contribution is 5.74. The fraction of sp³-hybridized carbons (Fsp3) is 0.316. The fourth-order valence-electron chi connectivity index (χ4n) is 3.40. The van der Waals surface area contributed by atoms with E-state index in [0.717, 1.165) is 31.0 Å². The summed E-state index contributed by atoms with van der Waals surface area (Å²) in [5.74, 6) is 1.10. The van der Waals surface area contributed by atoms with Crippen LogP contribution in [0.25, 0.3) is 11.0 Å². The van der Waals surface area contributed by atoms with Gasteiger partial charge in [-0.3, -0.25) is 5.32 Å². The minimum Gasteiger partial charge on any atom is -0.385 e. The van der Waals surface area contributed by atoms with E-state index in [1.54, 1.807) is 0 Å². The molecule has 1 aliphatic heterocycles. The zero-order valence-corrected chi connectivity index (χ0v) is 13.4. The van der Waals surface area contributed by atoms with Crippen molar-refractivity contribution in [1.29, 1.82) is 0 Å². The van der Waals surface area contributed by atoms with Crippen LogP contribution in [0.15, 0.2) is 48.5 Å². The Bertz CT molecular complexity index is 836. The first-order chi connectivity index (χ1) is 11.2. The number of aliphatic hydroxyl groups excluding tert-OH is 1. The molecule has 0 spiro atoms. The van der Waals surface area contributed by atoms with Gasteiger partial charge in [-0.2, -0.15) is 0 Å². The second-order valence-electron chi connectivity index (χ2n) is 6.28. The van der Waals surface area contributed by atoms with Gasteiger partial charge in [-0.25, -0.2) is 9.13 Å². The maximum absolute atomic E-state index is 10.7. The van der Waals surface area contributed by atoms with Crippen LogP contribution in [0.1, 0.15) is 23.7 Å². The summed E-state index contributed by atoms with van der Waals surface area (Å²) in [7, 11) is 0. The summed E-state index contributed by atoms with van der Waals surface area (Å²) in [5, 5.41) is 14.2. The van der Waals surface area contributed by atoms with Gasteiger partial charge < -0.3 is 5.11 Å². The number of rotatable bonds is 3. The number of nitrogens with zero attached hydrogens (tertiary/aromatic N) is 2. The molecule has 4 rings (SSSR count). The number of anilines is 1. The maximum atomic E-state index is 10.7. The Kier molecular flexibility index (Phi) is 3.54. The molecule has 2 N–H and O–H groups in total. The summed E-state index contributed by atoms with van der Waals surface area (Å²) in [4.78, 5) is 0. The molecular formula is C19H22N3O+. The van der Waals surface area contributed by atoms with Crippen LogP contribution in [-0.2, 0) is 13.1 Å². The van der Waals surface area contributed by atoms with E-state index in [0.29, 0.717) is 6.54 Å². The van der Waals surface area contributed by atoms with Gasteiger partial charge in [-0.1, -0.05) is 42.0 Å². The van der Waals surface area contributed by atoms with E-state index in [2.05, 4.69) is 57.8 Å². The van der Waals surface area contributed by atoms with Crippen LogP contribution in [0.4, 0.5) is 5.95 Å². The lowest BCUT2D eigenvalue weighted by Crippen LogP contribution is -2.42. The number of para-hydroxylation sites is 2. The number of hydrogen-bond acceptors (Lipinski definition) is 2. The fourth-order valence-corrected chi connectivity index (χ4v) is 3.40. The number of nitrogens with one attached hydrogen (secondary N) is 1. The molecule has 3 aromatic rings. The molecule has 1 atom stereocenters. The predicted octanol–water partition coefficient (Wildman–Crippen LogP) is 2.79. The summed E-state index contributed by atoms with van der Waals surface area (Å²) in [6.45, 7) is 4.62. The van der Waals surface area contributed by atoms with Crippen molar-refractivity contribution in [3.05, 3.63) is 59.7 Å². The van der Waals surface area contributed by atoms with E-state index in [1.165, 1.54) is 16.6 Å². The van der Waals surface area contributed by atoms with Crippen LogP contribution in [0.5, 0.6) is 0 Å². The summed E-state index contributed by atoms with van der Waals surface area (Å²) < 4.78 is 4.53. The summed E-state index contributed by atoms with van der Waals surface area (Å²) in [5.41, 5.74) is 4.57. The van der Waals surface area contributed by atoms with Crippen LogP contribution in [0.3, 0.4) is 0 Å². The number of aromatic nitrogens is 2. The van der Waals surface area contributed by atoms with E-state index >= 15 is 0 Å². The van der Waals surface area contributed by atoms with Crippen LogP contribution < -0.4 is 9.88 Å². The van der Waals surface area contributed by atoms with E-state index < -0.39 is 6.10 Å². The molecule has 0 fully saturated rings. The third-order valence-electron chi connectivity index (χ3n) is 4.63. The van der Waals surface area contributed by atoms with Crippen LogP contribution in [0.2, 0.25) is 0 Å². The molecule has 0 saturated carbocycles. The van der Waals surface area contributed by atoms with Crippen molar-refractivity contribution in [3.8, 4) is 0 Å². The lowest BCUT2D eigenvalue weighted by molar-refractivity contribution is -0.661. The van der Waals surface area contributed by atoms with Crippen molar-refractivity contribution in [2.75, 3.05) is 11.9 Å². The molecule has 4 heteroatoms. The molecule has 118 valence electrons. The van der Waals surface area contributed by atoms with Gasteiger partial charge >= 0.3 is 5.95 Å². The van der Waals surface area contributed by atoms with Crippen molar-refractivity contribution < 1.29 is 9.67 Å². The predicted molar refractivity (Wildman–Crippen MR) is 91.4 cm³/mol. The summed E-state index contributed by atoms with van der Waals surface area (Å²) in [6.07, 6.45) is 0.617. The second-order valence-corrected chi connectivity index (χ2v) is 6.28. The normalized spacial score (nSPS) is 15.2. The Labute approximate surface area is 136 Å². The van der Waals surface area contributed by atoms with E-state index in [9.17, 15) is 5.11 Å². The number of aryl methyl sites for hydroxylation is 2. The lowest BCUT2D eigenvalue weighted by atomic mass is 10.1. The zero-order valence-electron chi connectivity index (χ0n) is 13.4. The van der Waals surface area contributed by atoms with Crippen LogP contribution in [0, 0.1) is 6.92 Å². The van der Waals surface area contributed by atoms with Crippen LogP contribution >= 0.6 is 0 Å². The Balaban J connectivity index is 1.75. The monoisotopic (exact) mass is 308 g/mol. The van der Waals surface area contributed by atoms with Gasteiger partial charge in [0, 0.05) is 6.42 Å². The average molecular weight is 308 g/mol. The molecule has 1 aromatic heterocycles. The molecule has 0 aliphatic carbocycles. The van der Waals surface area contributed by atoms with Gasteiger partial charge in [-0.15, -0.1) is 0 Å². The van der Waals surface area contributed by atoms with Gasteiger partial charge in [0.25, 0.3) is 0 Å². The molecule has 2 heterocycles. The molecule has 1 unspecified atom stereocenters. The summed E-state index contributed by atoms with van der Waals surface area (Å²) in [6, 6.07) is 16.5. The van der Waals surface area contributed by atoms with Crippen molar-refractivity contribution >= 4 is 17.0 Å². The number of hydrogen-bond donors (Lipinski definition) is 2. The molecule has 23 heavy (non-hydrogen) atoms. The second kappa shape index (κ2) is 5.70. The molecule has 0 amide bonds. The van der Waals surface area contributed by atoms with E-state index in [1.807, 2.05) is 12.1 Å². The molecule has 2 aromatic carbocycles. The van der Waals surface area contributed by atoms with Crippen molar-refractivity contribution in [1.82, 2.24) is 4.57 Å². The first kappa shape index (κ1) is 14.3. The lowest BCUT2D eigenvalue weighted by Gasteiger charge is -2.14. The van der Waals surface area contributed by atoms with Gasteiger partial charge in [0.1, 0.15) is 23.7 Å². The maximum Gasteiger partial charge on any atom is 0.358 e. The highest BCUT2D eigenvalue weighted by Gasteiger charge is 2.27. The minimum absolute atomic E-state index is 0.514. The van der Waals surface area contributed by atoms with E-state index in [-0.39, 0.29) is 0 Å². The standard InChI is InChI=1S/C19H21N3O/c1-14-7-9-15(10-8-14)18(23)13-22-17-6-3-2-5-16(17)21-12-4-11-20-19(21)22/h2-3,5-10,18,23H,4,11-13H2,1H3/p+1. The van der Waals surface area contributed by atoms with Crippen molar-refractivity contribution in [2.24, 2.45) is 0 Å². The zero-order chi connectivity index (χ0) is 15.8. The highest BCUT2D eigenvalue weighted by atomic mass is 16.3. The topological polar surface area (TPSA) is 41.1 Å². The molecule has 4 nitrogen and oxygen atoms in total. The Morgan fingerprint density at radius 1 is 1.17 bits per heavy atom. The Hall–Kier alpha value is -2.33. The van der Waals surface area contributed by atoms with Crippen LogP contribution in [-0.4, -0.2) is 16.2 Å². The SMILES string of the molecule is Cc1ccc(C(O)Cn2c3[n+](c4ccccc42)CCCN3)cc1. The first-order valence-electron chi connectivity index (χ1n) is 8.23. The molecule has 0 saturated heterocycles. The number of fused-ring (bicyclic) bond motifs is 3. The summed E-state index contributed by atoms with van der Waals surface area (Å²) >= 11 is 0. The minimum atomic E-state index is -0.514. The van der Waals surface area contributed by atoms with Gasteiger partial charge in [0.15, 0.2) is 0 Å². The number of aliphatic hydroxyl groups is 1. The Morgan fingerprint density at radius 3 is 2.78 bits per heavy atom. The molecule has 0 radical (unpaired) electrons. The molecule has 0 bridgehead atoms. The first-order valence-corrected chi connectivity index (χ1v) is 8.23. The van der Waals surface area contributed by atoms with E-state index in [4.69, 9.17) is 0 Å². The third-order valence-corrected chi connectivity index (χ3v) is 4.63. The number of benzene rings is 2. The van der Waals surface area contributed by atoms with Gasteiger partial charge in [0.2, 0.25) is 0 Å². The average Bonchev–Trinajstić information content (AvgIpc) is 2.90. The molecular weight excluding hydrogens is 286 g/mol.